The highest BCUT2D eigenvalue weighted by molar-refractivity contribution is 9.10. The lowest BCUT2D eigenvalue weighted by atomic mass is 10.0. The zero-order valence-corrected chi connectivity index (χ0v) is 15.3. The molecular formula is C20H21BrN2. The van der Waals surface area contributed by atoms with Crippen molar-refractivity contribution in [3.05, 3.63) is 62.6 Å². The van der Waals surface area contributed by atoms with Crippen molar-refractivity contribution in [3.8, 4) is 6.07 Å². The summed E-state index contributed by atoms with van der Waals surface area (Å²) in [5.41, 5.74) is 7.23. The van der Waals surface area contributed by atoms with Crippen molar-refractivity contribution in [2.24, 2.45) is 0 Å². The smallest absolute Gasteiger partial charge is 0.100 e. The van der Waals surface area contributed by atoms with Crippen LogP contribution in [0, 0.1) is 18.3 Å². The van der Waals surface area contributed by atoms with Gasteiger partial charge < -0.3 is 4.90 Å². The Balaban J connectivity index is 1.82. The minimum absolute atomic E-state index is 0.734. The molecule has 1 aliphatic heterocycles. The molecule has 3 heteroatoms. The zero-order valence-electron chi connectivity index (χ0n) is 13.7. The Bertz CT molecular complexity index is 757. The van der Waals surface area contributed by atoms with Crippen LogP contribution in [0.4, 0.5) is 5.69 Å². The molecule has 2 aromatic carbocycles. The molecule has 0 saturated carbocycles. The molecule has 0 unspecified atom stereocenters. The second-order valence-corrected chi connectivity index (χ2v) is 7.03. The zero-order chi connectivity index (χ0) is 16.4. The van der Waals surface area contributed by atoms with Crippen LogP contribution in [-0.2, 0) is 19.5 Å². The average Bonchev–Trinajstić information content (AvgIpc) is 3.01. The summed E-state index contributed by atoms with van der Waals surface area (Å²) >= 11 is 3.56. The lowest BCUT2D eigenvalue weighted by Gasteiger charge is -2.18. The van der Waals surface area contributed by atoms with Crippen LogP contribution in [0.15, 0.2) is 34.8 Å². The maximum atomic E-state index is 9.26. The number of nitriles is 1. The van der Waals surface area contributed by atoms with Crippen LogP contribution in [0.25, 0.3) is 0 Å². The van der Waals surface area contributed by atoms with Gasteiger partial charge in [0, 0.05) is 23.2 Å². The summed E-state index contributed by atoms with van der Waals surface area (Å²) in [6, 6.07) is 13.3. The first-order chi connectivity index (χ1) is 11.1. The van der Waals surface area contributed by atoms with E-state index < -0.39 is 0 Å². The van der Waals surface area contributed by atoms with E-state index in [1.165, 1.54) is 40.8 Å². The molecule has 0 amide bonds. The van der Waals surface area contributed by atoms with Gasteiger partial charge in [-0.05, 0) is 76.1 Å². The van der Waals surface area contributed by atoms with Gasteiger partial charge in [0.05, 0.1) is 5.56 Å². The summed E-state index contributed by atoms with van der Waals surface area (Å²) in [6.07, 6.45) is 3.64. The number of fused-ring (bicyclic) bond motifs is 1. The number of hydrogen-bond acceptors (Lipinski definition) is 2. The first kappa shape index (κ1) is 16.1. The molecule has 0 atom stereocenters. The summed E-state index contributed by atoms with van der Waals surface area (Å²) in [5, 5.41) is 9.26. The Morgan fingerprint density at radius 3 is 2.61 bits per heavy atom. The quantitative estimate of drug-likeness (QED) is 0.712. The van der Waals surface area contributed by atoms with E-state index in [-0.39, 0.29) is 0 Å². The topological polar surface area (TPSA) is 27.0 Å². The van der Waals surface area contributed by atoms with Crippen molar-refractivity contribution in [1.29, 1.82) is 5.26 Å². The second-order valence-electron chi connectivity index (χ2n) is 6.24. The molecule has 23 heavy (non-hydrogen) atoms. The fourth-order valence-corrected chi connectivity index (χ4v) is 3.67. The van der Waals surface area contributed by atoms with Gasteiger partial charge in [-0.3, -0.25) is 0 Å². The predicted molar refractivity (Wildman–Crippen MR) is 98.5 cm³/mol. The van der Waals surface area contributed by atoms with E-state index in [2.05, 4.69) is 65.0 Å². The van der Waals surface area contributed by atoms with Gasteiger partial charge in [0.2, 0.25) is 0 Å². The van der Waals surface area contributed by atoms with Gasteiger partial charge in [0.25, 0.3) is 0 Å². The molecule has 0 N–H and O–H groups in total. The fourth-order valence-electron chi connectivity index (χ4n) is 3.23. The van der Waals surface area contributed by atoms with Crippen molar-refractivity contribution >= 4 is 21.6 Å². The Morgan fingerprint density at radius 2 is 1.96 bits per heavy atom. The fraction of sp³-hybridized carbons (Fsp3) is 0.350. The molecule has 3 rings (SSSR count). The van der Waals surface area contributed by atoms with Crippen molar-refractivity contribution in [2.75, 3.05) is 4.90 Å². The number of unbranched alkanes of at least 4 members (excludes halogenated alkanes) is 1. The van der Waals surface area contributed by atoms with E-state index >= 15 is 0 Å². The maximum Gasteiger partial charge on any atom is 0.100 e. The molecule has 0 spiro atoms. The summed E-state index contributed by atoms with van der Waals surface area (Å²) in [6.45, 7) is 6.12. The molecular weight excluding hydrogens is 348 g/mol. The van der Waals surface area contributed by atoms with Gasteiger partial charge in [-0.2, -0.15) is 5.26 Å². The Kier molecular flexibility index (Phi) is 4.73. The summed E-state index contributed by atoms with van der Waals surface area (Å²) in [5.74, 6) is 0. The normalized spacial score (nSPS) is 13.0. The molecule has 2 nitrogen and oxygen atoms in total. The number of nitrogens with zero attached hydrogens (tertiary/aromatic N) is 2. The highest BCUT2D eigenvalue weighted by Crippen LogP contribution is 2.35. The third-order valence-corrected chi connectivity index (χ3v) is 5.70. The molecule has 0 saturated heterocycles. The molecule has 0 bridgehead atoms. The largest absolute Gasteiger partial charge is 0.363 e. The lowest BCUT2D eigenvalue weighted by molar-refractivity contribution is 0.794. The molecule has 0 aliphatic carbocycles. The number of halogens is 1. The van der Waals surface area contributed by atoms with Crippen LogP contribution in [0.2, 0.25) is 0 Å². The summed E-state index contributed by atoms with van der Waals surface area (Å²) < 4.78 is 0.940. The second kappa shape index (κ2) is 6.76. The van der Waals surface area contributed by atoms with Gasteiger partial charge in [-0.25, -0.2) is 0 Å². The van der Waals surface area contributed by atoms with Crippen LogP contribution in [-0.4, -0.2) is 0 Å². The number of hydrogen-bond donors (Lipinski definition) is 0. The minimum atomic E-state index is 0.734. The van der Waals surface area contributed by atoms with E-state index in [1.54, 1.807) is 0 Å². The van der Waals surface area contributed by atoms with Crippen LogP contribution in [0.3, 0.4) is 0 Å². The van der Waals surface area contributed by atoms with E-state index in [0.29, 0.717) is 0 Å². The first-order valence-electron chi connectivity index (χ1n) is 8.19. The van der Waals surface area contributed by atoms with Gasteiger partial charge in [0.1, 0.15) is 6.07 Å². The number of rotatable bonds is 4. The Labute approximate surface area is 146 Å². The Morgan fingerprint density at radius 1 is 1.22 bits per heavy atom. The van der Waals surface area contributed by atoms with Crippen molar-refractivity contribution in [3.63, 3.8) is 0 Å². The third kappa shape index (κ3) is 3.14. The molecule has 0 aromatic heterocycles. The van der Waals surface area contributed by atoms with E-state index in [0.717, 1.165) is 29.5 Å². The predicted octanol–water partition coefficient (Wildman–Crippen LogP) is 5.49. The number of anilines is 1. The highest BCUT2D eigenvalue weighted by Gasteiger charge is 2.23. The number of aryl methyl sites for hydroxylation is 1. The van der Waals surface area contributed by atoms with Crippen LogP contribution in [0.1, 0.15) is 47.6 Å². The highest BCUT2D eigenvalue weighted by atomic mass is 79.9. The standard InChI is InChI=1S/C20H21BrN2/c1-3-4-5-15-6-8-18(9-7-15)23-12-17-10-16(11-22)20(21)14(2)19(17)13-23/h6-10H,3-5,12-13H2,1-2H3. The van der Waals surface area contributed by atoms with Gasteiger partial charge in [-0.1, -0.05) is 25.5 Å². The average molecular weight is 369 g/mol. The van der Waals surface area contributed by atoms with Crippen molar-refractivity contribution in [1.82, 2.24) is 0 Å². The van der Waals surface area contributed by atoms with Gasteiger partial charge >= 0.3 is 0 Å². The Hall–Kier alpha value is -1.79. The van der Waals surface area contributed by atoms with Crippen LogP contribution >= 0.6 is 15.9 Å². The third-order valence-electron chi connectivity index (χ3n) is 4.68. The first-order valence-corrected chi connectivity index (χ1v) is 8.98. The number of benzene rings is 2. The maximum absolute atomic E-state index is 9.26. The van der Waals surface area contributed by atoms with Crippen LogP contribution in [0.5, 0.6) is 0 Å². The van der Waals surface area contributed by atoms with E-state index in [9.17, 15) is 5.26 Å². The monoisotopic (exact) mass is 368 g/mol. The molecule has 0 fully saturated rings. The summed E-state index contributed by atoms with van der Waals surface area (Å²) in [7, 11) is 0. The van der Waals surface area contributed by atoms with Gasteiger partial charge in [-0.15, -0.1) is 0 Å². The van der Waals surface area contributed by atoms with E-state index in [4.69, 9.17) is 0 Å². The van der Waals surface area contributed by atoms with Gasteiger partial charge in [0.15, 0.2) is 0 Å². The van der Waals surface area contributed by atoms with Crippen molar-refractivity contribution in [2.45, 2.75) is 46.2 Å². The molecule has 2 aromatic rings. The molecule has 1 aliphatic rings. The van der Waals surface area contributed by atoms with E-state index in [1.807, 2.05) is 6.07 Å². The molecule has 0 radical (unpaired) electrons. The van der Waals surface area contributed by atoms with Crippen LogP contribution < -0.4 is 4.90 Å². The molecule has 118 valence electrons. The minimum Gasteiger partial charge on any atom is -0.363 e. The lowest BCUT2D eigenvalue weighted by Crippen LogP contribution is -2.14. The summed E-state index contributed by atoms with van der Waals surface area (Å²) in [4.78, 5) is 2.38. The molecule has 1 heterocycles. The SMILES string of the molecule is CCCCc1ccc(N2Cc3cc(C#N)c(Br)c(C)c3C2)cc1. The van der Waals surface area contributed by atoms with Crippen molar-refractivity contribution < 1.29 is 0 Å².